The van der Waals surface area contributed by atoms with Crippen molar-refractivity contribution in [3.8, 4) is 0 Å². The number of pyridine rings is 1. The van der Waals surface area contributed by atoms with E-state index in [0.29, 0.717) is 24.7 Å². The molecule has 0 aliphatic rings. The van der Waals surface area contributed by atoms with E-state index in [1.807, 2.05) is 6.92 Å². The lowest BCUT2D eigenvalue weighted by molar-refractivity contribution is 0.0954. The van der Waals surface area contributed by atoms with Crippen LogP contribution in [0.15, 0.2) is 29.5 Å². The zero-order valence-electron chi connectivity index (χ0n) is 16.3. The number of amides is 1. The summed E-state index contributed by atoms with van der Waals surface area (Å²) in [5.74, 6) is 0.687. The second-order valence-electron chi connectivity index (χ2n) is 6.15. The van der Waals surface area contributed by atoms with E-state index < -0.39 is 0 Å². The number of aromatic nitrogens is 1. The van der Waals surface area contributed by atoms with E-state index in [1.165, 1.54) is 25.7 Å². The third-order valence-electron chi connectivity index (χ3n) is 3.81. The molecule has 0 fully saturated rings. The molecule has 0 aliphatic carbocycles. The van der Waals surface area contributed by atoms with Crippen LogP contribution in [0.4, 0.5) is 0 Å². The lowest BCUT2D eigenvalue weighted by atomic mass is 10.1. The van der Waals surface area contributed by atoms with Crippen molar-refractivity contribution in [1.82, 2.24) is 20.9 Å². The minimum atomic E-state index is -0.120. The molecule has 6 nitrogen and oxygen atoms in total. The topological polar surface area (TPSA) is 78.4 Å². The Labute approximate surface area is 175 Å². The van der Waals surface area contributed by atoms with Crippen LogP contribution in [0.3, 0.4) is 0 Å². The van der Waals surface area contributed by atoms with Gasteiger partial charge in [-0.2, -0.15) is 0 Å². The number of nitrogens with one attached hydrogen (secondary N) is 3. The molecule has 1 atom stereocenters. The van der Waals surface area contributed by atoms with Gasteiger partial charge in [0.15, 0.2) is 5.96 Å². The number of carbonyl (C=O) groups is 1. The van der Waals surface area contributed by atoms with E-state index in [2.05, 4.69) is 39.8 Å². The van der Waals surface area contributed by atoms with Crippen LogP contribution in [0.1, 0.15) is 63.2 Å². The number of hydrogen-bond donors (Lipinski definition) is 3. The molecule has 0 aromatic carbocycles. The molecule has 7 heteroatoms. The van der Waals surface area contributed by atoms with Gasteiger partial charge in [0, 0.05) is 31.5 Å². The molecule has 1 rings (SSSR count). The first kappa shape index (κ1) is 24.6. The molecule has 1 amide bonds. The first-order valence-corrected chi connectivity index (χ1v) is 9.40. The molecule has 3 N–H and O–H groups in total. The molecule has 0 aliphatic heterocycles. The van der Waals surface area contributed by atoms with Crippen LogP contribution in [-0.2, 0) is 0 Å². The normalized spacial score (nSPS) is 12.0. The zero-order valence-corrected chi connectivity index (χ0v) is 18.6. The molecule has 26 heavy (non-hydrogen) atoms. The predicted octanol–water partition coefficient (Wildman–Crippen LogP) is 3.34. The van der Waals surface area contributed by atoms with Gasteiger partial charge < -0.3 is 16.0 Å². The first-order chi connectivity index (χ1) is 12.2. The Bertz CT molecular complexity index is 510. The Kier molecular flexibility index (Phi) is 15.0. The van der Waals surface area contributed by atoms with E-state index in [0.717, 1.165) is 18.9 Å². The largest absolute Gasteiger partial charge is 0.357 e. The van der Waals surface area contributed by atoms with Crippen LogP contribution in [-0.4, -0.2) is 42.5 Å². The minimum absolute atomic E-state index is 0. The standard InChI is InChI=1S/C19H33N5O.HI/c1-4-6-7-8-10-16(3)24-19(21-5-2)23-14-13-22-18(25)17-11-9-12-20-15-17;/h9,11-12,15-16H,4-8,10,13-14H2,1-3H3,(H,22,25)(H2,21,23,24);1H. The van der Waals surface area contributed by atoms with Crippen molar-refractivity contribution in [2.45, 2.75) is 58.9 Å². The number of hydrogen-bond acceptors (Lipinski definition) is 3. The SMILES string of the molecule is CCCCCCC(C)NC(=NCCNC(=O)c1cccnc1)NCC.I. The molecular weight excluding hydrogens is 441 g/mol. The monoisotopic (exact) mass is 475 g/mol. The fourth-order valence-electron chi connectivity index (χ4n) is 2.44. The number of nitrogens with zero attached hydrogens (tertiary/aromatic N) is 2. The molecule has 1 unspecified atom stereocenters. The highest BCUT2D eigenvalue weighted by Gasteiger charge is 2.06. The van der Waals surface area contributed by atoms with Gasteiger partial charge in [0.05, 0.1) is 12.1 Å². The molecule has 148 valence electrons. The fraction of sp³-hybridized carbons (Fsp3) is 0.632. The van der Waals surface area contributed by atoms with Crippen LogP contribution in [0.25, 0.3) is 0 Å². The number of guanidine groups is 1. The summed E-state index contributed by atoms with van der Waals surface area (Å²) in [6, 6.07) is 3.89. The second-order valence-corrected chi connectivity index (χ2v) is 6.15. The summed E-state index contributed by atoms with van der Waals surface area (Å²) < 4.78 is 0. The van der Waals surface area contributed by atoms with Gasteiger partial charge in [-0.05, 0) is 32.4 Å². The molecule has 1 aromatic heterocycles. The van der Waals surface area contributed by atoms with Crippen molar-refractivity contribution in [2.75, 3.05) is 19.6 Å². The van der Waals surface area contributed by atoms with Gasteiger partial charge in [0.1, 0.15) is 0 Å². The maximum atomic E-state index is 11.9. The van der Waals surface area contributed by atoms with Gasteiger partial charge in [-0.15, -0.1) is 24.0 Å². The van der Waals surface area contributed by atoms with Crippen molar-refractivity contribution >= 4 is 35.8 Å². The van der Waals surface area contributed by atoms with Crippen LogP contribution in [0.2, 0.25) is 0 Å². The van der Waals surface area contributed by atoms with Crippen LogP contribution < -0.4 is 16.0 Å². The third kappa shape index (κ3) is 11.3. The lowest BCUT2D eigenvalue weighted by Crippen LogP contribution is -2.42. The Morgan fingerprint density at radius 1 is 1.23 bits per heavy atom. The number of carbonyl (C=O) groups excluding carboxylic acids is 1. The average Bonchev–Trinajstić information content (AvgIpc) is 2.63. The molecular formula is C19H34IN5O. The van der Waals surface area contributed by atoms with Crippen molar-refractivity contribution in [3.05, 3.63) is 30.1 Å². The summed E-state index contributed by atoms with van der Waals surface area (Å²) >= 11 is 0. The van der Waals surface area contributed by atoms with Gasteiger partial charge in [-0.1, -0.05) is 32.6 Å². The van der Waals surface area contributed by atoms with Crippen LogP contribution >= 0.6 is 24.0 Å². The van der Waals surface area contributed by atoms with Crippen molar-refractivity contribution < 1.29 is 4.79 Å². The van der Waals surface area contributed by atoms with E-state index >= 15 is 0 Å². The Morgan fingerprint density at radius 3 is 2.69 bits per heavy atom. The highest BCUT2D eigenvalue weighted by atomic mass is 127. The van der Waals surface area contributed by atoms with E-state index in [1.54, 1.807) is 24.5 Å². The molecule has 1 heterocycles. The van der Waals surface area contributed by atoms with Crippen molar-refractivity contribution in [1.29, 1.82) is 0 Å². The Morgan fingerprint density at radius 2 is 2.04 bits per heavy atom. The molecule has 0 bridgehead atoms. The summed E-state index contributed by atoms with van der Waals surface area (Å²) in [7, 11) is 0. The Balaban J connectivity index is 0.00000625. The average molecular weight is 475 g/mol. The van der Waals surface area contributed by atoms with Gasteiger partial charge in [-0.3, -0.25) is 14.8 Å². The summed E-state index contributed by atoms with van der Waals surface area (Å²) in [4.78, 5) is 20.4. The third-order valence-corrected chi connectivity index (χ3v) is 3.81. The molecule has 0 radical (unpaired) electrons. The lowest BCUT2D eigenvalue weighted by Gasteiger charge is -2.17. The van der Waals surface area contributed by atoms with Gasteiger partial charge in [0.25, 0.3) is 5.91 Å². The molecule has 0 saturated carbocycles. The molecule has 1 aromatic rings. The summed E-state index contributed by atoms with van der Waals surface area (Å²) in [5.41, 5.74) is 0.567. The second kappa shape index (κ2) is 15.8. The van der Waals surface area contributed by atoms with E-state index in [-0.39, 0.29) is 29.9 Å². The maximum absolute atomic E-state index is 11.9. The van der Waals surface area contributed by atoms with E-state index in [4.69, 9.17) is 0 Å². The predicted molar refractivity (Wildman–Crippen MR) is 119 cm³/mol. The first-order valence-electron chi connectivity index (χ1n) is 9.40. The number of rotatable bonds is 11. The van der Waals surface area contributed by atoms with Gasteiger partial charge >= 0.3 is 0 Å². The summed E-state index contributed by atoms with van der Waals surface area (Å²) in [5, 5.41) is 9.54. The smallest absolute Gasteiger partial charge is 0.252 e. The molecule has 0 spiro atoms. The number of halogens is 1. The maximum Gasteiger partial charge on any atom is 0.252 e. The molecule has 0 saturated heterocycles. The van der Waals surface area contributed by atoms with Gasteiger partial charge in [-0.25, -0.2) is 0 Å². The van der Waals surface area contributed by atoms with E-state index in [9.17, 15) is 4.79 Å². The minimum Gasteiger partial charge on any atom is -0.357 e. The van der Waals surface area contributed by atoms with Crippen LogP contribution in [0, 0.1) is 0 Å². The van der Waals surface area contributed by atoms with Crippen molar-refractivity contribution in [3.63, 3.8) is 0 Å². The summed E-state index contributed by atoms with van der Waals surface area (Å²) in [6.07, 6.45) is 9.44. The van der Waals surface area contributed by atoms with Gasteiger partial charge in [0.2, 0.25) is 0 Å². The number of aliphatic imine (C=N–C) groups is 1. The fourth-order valence-corrected chi connectivity index (χ4v) is 2.44. The zero-order chi connectivity index (χ0) is 18.3. The Hall–Kier alpha value is -1.38. The summed E-state index contributed by atoms with van der Waals surface area (Å²) in [6.45, 7) is 8.30. The van der Waals surface area contributed by atoms with Crippen molar-refractivity contribution in [2.24, 2.45) is 4.99 Å². The highest BCUT2D eigenvalue weighted by Crippen LogP contribution is 2.05. The quantitative estimate of drug-likeness (QED) is 0.199. The van der Waals surface area contributed by atoms with Crippen LogP contribution in [0.5, 0.6) is 0 Å². The highest BCUT2D eigenvalue weighted by molar-refractivity contribution is 14.0. The number of unbranched alkanes of at least 4 members (excludes halogenated alkanes) is 3.